The molecule has 3 aromatic rings. The van der Waals surface area contributed by atoms with Gasteiger partial charge in [0, 0.05) is 21.9 Å². The fourth-order valence-electron chi connectivity index (χ4n) is 1.96. The van der Waals surface area contributed by atoms with E-state index in [-0.39, 0.29) is 0 Å². The highest BCUT2D eigenvalue weighted by atomic mass is 32.1. The van der Waals surface area contributed by atoms with Crippen molar-refractivity contribution in [2.24, 2.45) is 0 Å². The molecule has 71 valence electrons. The number of hydrogen-bond acceptors (Lipinski definition) is 1. The quantitative estimate of drug-likeness (QED) is 0.607. The van der Waals surface area contributed by atoms with Crippen LogP contribution in [0, 0.1) is 0 Å². The highest BCUT2D eigenvalue weighted by Crippen LogP contribution is 2.26. The maximum atomic E-state index is 4.88. The maximum absolute atomic E-state index is 4.88. The zero-order valence-electron chi connectivity index (χ0n) is 7.95. The lowest BCUT2D eigenvalue weighted by molar-refractivity contribution is 1.54. The molecule has 2 heteroatoms. The third-order valence-electron chi connectivity index (χ3n) is 2.65. The lowest BCUT2D eigenvalue weighted by Crippen LogP contribution is -1.79. The smallest absolute Gasteiger partial charge is 0.0658 e. The van der Waals surface area contributed by atoms with Crippen molar-refractivity contribution in [1.82, 2.24) is 4.98 Å². The molecule has 3 rings (SSSR count). The second-order valence-corrected chi connectivity index (χ2v) is 3.70. The number of nitrogens with one attached hydrogen (secondary N) is 1. The zero-order valence-corrected chi connectivity index (χ0v) is 8.77. The zero-order chi connectivity index (χ0) is 10.3. The van der Waals surface area contributed by atoms with Crippen molar-refractivity contribution < 1.29 is 0 Å². The van der Waals surface area contributed by atoms with Gasteiger partial charge in [0.25, 0.3) is 0 Å². The lowest BCUT2D eigenvalue weighted by atomic mass is 10.1. The summed E-state index contributed by atoms with van der Waals surface area (Å²) in [4.78, 5) is 3.37. The Morgan fingerprint density at radius 3 is 2.60 bits per heavy atom. The fraction of sp³-hybridized carbons (Fsp3) is 0. The van der Waals surface area contributed by atoms with Crippen LogP contribution in [0.4, 0.5) is 0 Å². The van der Waals surface area contributed by atoms with Crippen LogP contribution in [0.15, 0.2) is 42.5 Å². The molecule has 0 amide bonds. The number of aromatic nitrogens is 1. The molecule has 15 heavy (non-hydrogen) atoms. The van der Waals surface area contributed by atoms with Gasteiger partial charge in [0.2, 0.25) is 0 Å². The van der Waals surface area contributed by atoms with E-state index in [0.29, 0.717) is 0 Å². The van der Waals surface area contributed by atoms with Crippen LogP contribution in [0.5, 0.6) is 0 Å². The topological polar surface area (TPSA) is 15.8 Å². The molecule has 1 nitrogen and oxygen atoms in total. The molecule has 0 saturated carbocycles. The molecule has 0 fully saturated rings. The van der Waals surface area contributed by atoms with Crippen LogP contribution in [-0.2, 0) is 0 Å². The normalized spacial score (nSPS) is 10.9. The SMILES string of the molecule is S=[C]c1cccc2c1[nH]c1ccccc12. The average Bonchev–Trinajstić information content (AvgIpc) is 2.67. The number of rotatable bonds is 1. The van der Waals surface area contributed by atoms with Crippen LogP contribution in [0.2, 0.25) is 0 Å². The summed E-state index contributed by atoms with van der Waals surface area (Å²) in [5.74, 6) is 0. The van der Waals surface area contributed by atoms with Gasteiger partial charge in [0.05, 0.1) is 10.9 Å². The molecule has 0 spiro atoms. The Hall–Kier alpha value is -1.67. The van der Waals surface area contributed by atoms with Crippen molar-refractivity contribution >= 4 is 39.4 Å². The van der Waals surface area contributed by atoms with E-state index in [1.807, 2.05) is 24.3 Å². The molecule has 1 N–H and O–H groups in total. The molecule has 2 aromatic carbocycles. The van der Waals surface area contributed by atoms with Crippen LogP contribution < -0.4 is 0 Å². The van der Waals surface area contributed by atoms with Gasteiger partial charge in [0.15, 0.2) is 0 Å². The van der Waals surface area contributed by atoms with E-state index < -0.39 is 0 Å². The molecule has 0 saturated heterocycles. The Balaban J connectivity index is 2.59. The molecule has 0 bridgehead atoms. The van der Waals surface area contributed by atoms with Crippen molar-refractivity contribution in [1.29, 1.82) is 0 Å². The fourth-order valence-corrected chi connectivity index (χ4v) is 2.13. The molecule has 1 aromatic heterocycles. The van der Waals surface area contributed by atoms with Crippen LogP contribution in [-0.4, -0.2) is 10.4 Å². The Morgan fingerprint density at radius 1 is 0.933 bits per heavy atom. The summed E-state index contributed by atoms with van der Waals surface area (Å²) in [6.07, 6.45) is 0. The summed E-state index contributed by atoms with van der Waals surface area (Å²) in [5.41, 5.74) is 3.18. The number of H-pyrrole nitrogens is 1. The Morgan fingerprint density at radius 2 is 1.73 bits per heavy atom. The van der Waals surface area contributed by atoms with Crippen LogP contribution in [0.3, 0.4) is 0 Å². The first-order chi connectivity index (χ1) is 7.40. The molecule has 0 aliphatic carbocycles. The number of benzene rings is 2. The van der Waals surface area contributed by atoms with Crippen LogP contribution in [0.1, 0.15) is 5.56 Å². The van der Waals surface area contributed by atoms with Gasteiger partial charge in [0.1, 0.15) is 0 Å². The Kier molecular flexibility index (Phi) is 1.82. The van der Waals surface area contributed by atoms with E-state index in [1.54, 1.807) is 0 Å². The van der Waals surface area contributed by atoms with E-state index in [0.717, 1.165) is 16.6 Å². The van der Waals surface area contributed by atoms with Crippen molar-refractivity contribution in [3.8, 4) is 0 Å². The maximum Gasteiger partial charge on any atom is 0.0658 e. The summed E-state index contributed by atoms with van der Waals surface area (Å²) in [6, 6.07) is 14.3. The van der Waals surface area contributed by atoms with Gasteiger partial charge in [-0.2, -0.15) is 0 Å². The molecular formula is C13H8NS. The van der Waals surface area contributed by atoms with E-state index in [1.165, 1.54) is 10.8 Å². The van der Waals surface area contributed by atoms with E-state index >= 15 is 0 Å². The third kappa shape index (κ3) is 1.18. The van der Waals surface area contributed by atoms with Gasteiger partial charge in [-0.15, -0.1) is 0 Å². The van der Waals surface area contributed by atoms with Crippen molar-refractivity contribution in [2.75, 3.05) is 0 Å². The average molecular weight is 210 g/mol. The second kappa shape index (κ2) is 3.17. The number of thiocarbonyl (C=S) groups is 1. The number of para-hydroxylation sites is 2. The largest absolute Gasteiger partial charge is 0.354 e. The lowest BCUT2D eigenvalue weighted by Gasteiger charge is -1.93. The highest BCUT2D eigenvalue weighted by molar-refractivity contribution is 7.79. The highest BCUT2D eigenvalue weighted by Gasteiger charge is 2.05. The molecule has 1 heterocycles. The van der Waals surface area contributed by atoms with Gasteiger partial charge in [-0.25, -0.2) is 0 Å². The van der Waals surface area contributed by atoms with Crippen molar-refractivity contribution in [3.05, 3.63) is 48.0 Å². The third-order valence-corrected chi connectivity index (χ3v) is 2.87. The van der Waals surface area contributed by atoms with Crippen molar-refractivity contribution in [3.63, 3.8) is 0 Å². The summed E-state index contributed by atoms with van der Waals surface area (Å²) >= 11 is 4.88. The minimum absolute atomic E-state index is 0.957. The Bertz CT molecular complexity index is 652. The summed E-state index contributed by atoms with van der Waals surface area (Å²) in [6.45, 7) is 0. The number of hydrogen-bond donors (Lipinski definition) is 1. The van der Waals surface area contributed by atoms with Gasteiger partial charge in [-0.05, 0) is 6.07 Å². The van der Waals surface area contributed by atoms with Gasteiger partial charge >= 0.3 is 0 Å². The minimum Gasteiger partial charge on any atom is -0.354 e. The van der Waals surface area contributed by atoms with Crippen LogP contribution >= 0.6 is 12.2 Å². The number of fused-ring (bicyclic) bond motifs is 3. The van der Waals surface area contributed by atoms with E-state index in [2.05, 4.69) is 28.6 Å². The standard InChI is InChI=1S/C13H8NS/c15-8-9-4-3-6-11-10-5-1-2-7-12(10)14-13(9)11/h1-7,14H. The Labute approximate surface area is 92.7 Å². The second-order valence-electron chi connectivity index (χ2n) is 3.50. The van der Waals surface area contributed by atoms with Crippen molar-refractivity contribution in [2.45, 2.75) is 0 Å². The summed E-state index contributed by atoms with van der Waals surface area (Å²) < 4.78 is 0. The molecule has 0 unspecified atom stereocenters. The molecule has 0 aliphatic rings. The minimum atomic E-state index is 0.957. The van der Waals surface area contributed by atoms with Crippen LogP contribution in [0.25, 0.3) is 21.8 Å². The number of aromatic amines is 1. The predicted octanol–water partition coefficient (Wildman–Crippen LogP) is 3.55. The van der Waals surface area contributed by atoms with Gasteiger partial charge in [-0.3, -0.25) is 0 Å². The first-order valence-corrected chi connectivity index (χ1v) is 5.18. The summed E-state index contributed by atoms with van der Waals surface area (Å²) in [5, 5.41) is 5.23. The first-order valence-electron chi connectivity index (χ1n) is 4.78. The molecule has 0 atom stereocenters. The molecular weight excluding hydrogens is 202 g/mol. The summed E-state index contributed by atoms with van der Waals surface area (Å²) in [7, 11) is 0. The molecule has 1 radical (unpaired) electrons. The monoisotopic (exact) mass is 210 g/mol. The van der Waals surface area contributed by atoms with Gasteiger partial charge < -0.3 is 4.98 Å². The molecule has 0 aliphatic heterocycles. The van der Waals surface area contributed by atoms with E-state index in [4.69, 9.17) is 12.2 Å². The first kappa shape index (κ1) is 8.62. The van der Waals surface area contributed by atoms with E-state index in [9.17, 15) is 0 Å². The predicted molar refractivity (Wildman–Crippen MR) is 67.5 cm³/mol. The van der Waals surface area contributed by atoms with Gasteiger partial charge in [-0.1, -0.05) is 48.6 Å².